The van der Waals surface area contributed by atoms with E-state index in [4.69, 9.17) is 0 Å². The monoisotopic (exact) mass is 396 g/mol. The minimum atomic E-state index is -3.31. The van der Waals surface area contributed by atoms with Crippen LogP contribution >= 0.6 is 15.9 Å². The SMILES string of the molecule is CS(=O)(=O)Nc1ccc(C(=O)CCNc2cccc(Br)c2)cc1. The second-order valence-corrected chi connectivity index (χ2v) is 7.73. The number of sulfonamides is 1. The summed E-state index contributed by atoms with van der Waals surface area (Å²) in [6, 6.07) is 14.1. The first kappa shape index (κ1) is 17.5. The van der Waals surface area contributed by atoms with Crippen LogP contribution in [0.3, 0.4) is 0 Å². The van der Waals surface area contributed by atoms with E-state index in [-0.39, 0.29) is 5.78 Å². The van der Waals surface area contributed by atoms with Crippen LogP contribution in [0.5, 0.6) is 0 Å². The molecule has 0 fully saturated rings. The molecule has 0 heterocycles. The number of Topliss-reactive ketones (excluding diaryl/α,β-unsaturated/α-hetero) is 1. The van der Waals surface area contributed by atoms with Crippen molar-refractivity contribution in [2.24, 2.45) is 0 Å². The third kappa shape index (κ3) is 6.03. The number of hydrogen-bond donors (Lipinski definition) is 2. The smallest absolute Gasteiger partial charge is 0.229 e. The van der Waals surface area contributed by atoms with Crippen LogP contribution in [0.4, 0.5) is 11.4 Å². The molecule has 0 spiro atoms. The van der Waals surface area contributed by atoms with Crippen LogP contribution in [-0.4, -0.2) is 27.0 Å². The van der Waals surface area contributed by atoms with E-state index in [0.717, 1.165) is 16.4 Å². The zero-order valence-corrected chi connectivity index (χ0v) is 14.9. The van der Waals surface area contributed by atoms with Gasteiger partial charge in [-0.15, -0.1) is 0 Å². The normalized spacial score (nSPS) is 11.0. The molecule has 0 atom stereocenters. The highest BCUT2D eigenvalue weighted by Gasteiger charge is 2.07. The molecule has 0 radical (unpaired) electrons. The van der Waals surface area contributed by atoms with Crippen molar-refractivity contribution in [1.82, 2.24) is 0 Å². The maximum atomic E-state index is 12.1. The maximum Gasteiger partial charge on any atom is 0.229 e. The molecular weight excluding hydrogens is 380 g/mol. The first-order valence-corrected chi connectivity index (χ1v) is 9.62. The fourth-order valence-electron chi connectivity index (χ4n) is 2.00. The molecule has 0 aliphatic rings. The van der Waals surface area contributed by atoms with Crippen LogP contribution in [-0.2, 0) is 10.0 Å². The highest BCUT2D eigenvalue weighted by molar-refractivity contribution is 9.10. The Kier molecular flexibility index (Phi) is 5.79. The van der Waals surface area contributed by atoms with Crippen molar-refractivity contribution < 1.29 is 13.2 Å². The van der Waals surface area contributed by atoms with E-state index in [2.05, 4.69) is 26.0 Å². The first-order chi connectivity index (χ1) is 10.8. The van der Waals surface area contributed by atoms with Crippen molar-refractivity contribution >= 4 is 43.1 Å². The lowest BCUT2D eigenvalue weighted by Gasteiger charge is -2.07. The lowest BCUT2D eigenvalue weighted by Crippen LogP contribution is -2.11. The number of carbonyl (C=O) groups excluding carboxylic acids is 1. The van der Waals surface area contributed by atoms with Crippen LogP contribution in [0, 0.1) is 0 Å². The van der Waals surface area contributed by atoms with Crippen molar-refractivity contribution in [3.63, 3.8) is 0 Å². The molecule has 7 heteroatoms. The quantitative estimate of drug-likeness (QED) is 0.702. The van der Waals surface area contributed by atoms with Crippen molar-refractivity contribution in [3.05, 3.63) is 58.6 Å². The Hall–Kier alpha value is -1.86. The highest BCUT2D eigenvalue weighted by atomic mass is 79.9. The van der Waals surface area contributed by atoms with E-state index in [1.54, 1.807) is 24.3 Å². The average Bonchev–Trinajstić information content (AvgIpc) is 2.46. The van der Waals surface area contributed by atoms with Gasteiger partial charge in [-0.05, 0) is 42.5 Å². The highest BCUT2D eigenvalue weighted by Crippen LogP contribution is 2.16. The van der Waals surface area contributed by atoms with Gasteiger partial charge in [0, 0.05) is 34.4 Å². The van der Waals surface area contributed by atoms with E-state index in [9.17, 15) is 13.2 Å². The summed E-state index contributed by atoms with van der Waals surface area (Å²) in [4.78, 5) is 12.1. The van der Waals surface area contributed by atoms with Gasteiger partial charge in [-0.25, -0.2) is 8.42 Å². The molecule has 0 aromatic heterocycles. The molecule has 5 nitrogen and oxygen atoms in total. The van der Waals surface area contributed by atoms with Gasteiger partial charge in [0.25, 0.3) is 0 Å². The van der Waals surface area contributed by atoms with Crippen molar-refractivity contribution in [2.45, 2.75) is 6.42 Å². The summed E-state index contributed by atoms with van der Waals surface area (Å²) in [5.74, 6) is -0.00148. The molecule has 0 unspecified atom stereocenters. The number of benzene rings is 2. The number of halogens is 1. The first-order valence-electron chi connectivity index (χ1n) is 6.94. The van der Waals surface area contributed by atoms with E-state index in [0.29, 0.717) is 24.2 Å². The Labute approximate surface area is 144 Å². The lowest BCUT2D eigenvalue weighted by molar-refractivity contribution is 0.0986. The van der Waals surface area contributed by atoms with E-state index in [1.165, 1.54) is 0 Å². The molecular formula is C16H17BrN2O3S. The molecule has 0 bridgehead atoms. The summed E-state index contributed by atoms with van der Waals surface area (Å²) in [5.41, 5.74) is 1.94. The Morgan fingerprint density at radius 2 is 1.78 bits per heavy atom. The summed E-state index contributed by atoms with van der Waals surface area (Å²) < 4.78 is 25.6. The van der Waals surface area contributed by atoms with Gasteiger partial charge in [0.1, 0.15) is 0 Å². The Morgan fingerprint density at radius 3 is 2.39 bits per heavy atom. The molecule has 2 aromatic rings. The summed E-state index contributed by atoms with van der Waals surface area (Å²) in [6.45, 7) is 0.526. The fraction of sp³-hybridized carbons (Fsp3) is 0.188. The van der Waals surface area contributed by atoms with Gasteiger partial charge >= 0.3 is 0 Å². The van der Waals surface area contributed by atoms with Crippen molar-refractivity contribution in [3.8, 4) is 0 Å². The van der Waals surface area contributed by atoms with Crippen LogP contribution in [0.1, 0.15) is 16.8 Å². The summed E-state index contributed by atoms with van der Waals surface area (Å²) in [6.07, 6.45) is 1.44. The van der Waals surface area contributed by atoms with Crippen LogP contribution < -0.4 is 10.0 Å². The molecule has 2 N–H and O–H groups in total. The molecule has 0 saturated carbocycles. The minimum absolute atomic E-state index is 0.00148. The van der Waals surface area contributed by atoms with Crippen molar-refractivity contribution in [1.29, 1.82) is 0 Å². The van der Waals surface area contributed by atoms with Crippen LogP contribution in [0.2, 0.25) is 0 Å². The van der Waals surface area contributed by atoms with E-state index >= 15 is 0 Å². The summed E-state index contributed by atoms with van der Waals surface area (Å²) >= 11 is 3.39. The lowest BCUT2D eigenvalue weighted by atomic mass is 10.1. The topological polar surface area (TPSA) is 75.3 Å². The summed E-state index contributed by atoms with van der Waals surface area (Å²) in [5, 5.41) is 3.19. The Morgan fingerprint density at radius 1 is 1.09 bits per heavy atom. The van der Waals surface area contributed by atoms with Crippen LogP contribution in [0.15, 0.2) is 53.0 Å². The van der Waals surface area contributed by atoms with Gasteiger partial charge in [-0.1, -0.05) is 22.0 Å². The number of ketones is 1. The van der Waals surface area contributed by atoms with Gasteiger partial charge in [-0.2, -0.15) is 0 Å². The third-order valence-corrected chi connectivity index (χ3v) is 4.12. The van der Waals surface area contributed by atoms with Crippen molar-refractivity contribution in [2.75, 3.05) is 22.8 Å². The Bertz CT molecular complexity index is 789. The Balaban J connectivity index is 1.88. The maximum absolute atomic E-state index is 12.1. The molecule has 23 heavy (non-hydrogen) atoms. The molecule has 2 rings (SSSR count). The molecule has 0 aliphatic heterocycles. The van der Waals surface area contributed by atoms with E-state index in [1.807, 2.05) is 24.3 Å². The fourth-order valence-corrected chi connectivity index (χ4v) is 2.96. The molecule has 0 aliphatic carbocycles. The largest absolute Gasteiger partial charge is 0.385 e. The number of anilines is 2. The third-order valence-electron chi connectivity index (χ3n) is 3.02. The second kappa shape index (κ2) is 7.61. The number of hydrogen-bond acceptors (Lipinski definition) is 4. The van der Waals surface area contributed by atoms with Gasteiger partial charge in [-0.3, -0.25) is 9.52 Å². The minimum Gasteiger partial charge on any atom is -0.385 e. The number of rotatable bonds is 7. The average molecular weight is 397 g/mol. The molecule has 0 saturated heterocycles. The van der Waals surface area contributed by atoms with Gasteiger partial charge < -0.3 is 5.32 Å². The molecule has 122 valence electrons. The van der Waals surface area contributed by atoms with Gasteiger partial charge in [0.15, 0.2) is 5.78 Å². The standard InChI is InChI=1S/C16H17BrN2O3S/c1-23(21,22)19-14-7-5-12(6-8-14)16(20)9-10-18-15-4-2-3-13(17)11-15/h2-8,11,18-19H,9-10H2,1H3. The molecule has 2 aromatic carbocycles. The molecule has 0 amide bonds. The van der Waals surface area contributed by atoms with Crippen LogP contribution in [0.25, 0.3) is 0 Å². The van der Waals surface area contributed by atoms with Gasteiger partial charge in [0.2, 0.25) is 10.0 Å². The predicted octanol–water partition coefficient (Wildman–Crippen LogP) is 3.51. The van der Waals surface area contributed by atoms with E-state index < -0.39 is 10.0 Å². The van der Waals surface area contributed by atoms with Gasteiger partial charge in [0.05, 0.1) is 6.26 Å². The predicted molar refractivity (Wildman–Crippen MR) is 96.5 cm³/mol. The zero-order valence-electron chi connectivity index (χ0n) is 12.5. The number of carbonyl (C=O) groups is 1. The second-order valence-electron chi connectivity index (χ2n) is 5.06. The number of nitrogens with one attached hydrogen (secondary N) is 2. The zero-order chi connectivity index (χ0) is 16.9. The summed E-state index contributed by atoms with van der Waals surface area (Å²) in [7, 11) is -3.31.